The first-order valence-electron chi connectivity index (χ1n) is 9.01. The van der Waals surface area contributed by atoms with Crippen molar-refractivity contribution in [3.8, 4) is 0 Å². The lowest BCUT2D eigenvalue weighted by molar-refractivity contribution is -0.118. The molecule has 4 nitrogen and oxygen atoms in total. The zero-order valence-corrected chi connectivity index (χ0v) is 15.9. The predicted octanol–water partition coefficient (Wildman–Crippen LogP) is 4.29. The van der Waals surface area contributed by atoms with Crippen molar-refractivity contribution in [3.63, 3.8) is 0 Å². The smallest absolute Gasteiger partial charge is 0.227 e. The Kier molecular flexibility index (Phi) is 4.41. The molecule has 1 unspecified atom stereocenters. The van der Waals surface area contributed by atoms with Gasteiger partial charge in [-0.25, -0.2) is 0 Å². The highest BCUT2D eigenvalue weighted by Gasteiger charge is 2.38. The average Bonchev–Trinajstić information content (AvgIpc) is 3.10. The lowest BCUT2D eigenvalue weighted by Gasteiger charge is -2.33. The minimum absolute atomic E-state index is 0.166. The van der Waals surface area contributed by atoms with E-state index < -0.39 is 0 Å². The summed E-state index contributed by atoms with van der Waals surface area (Å²) in [6, 6.07) is 12.3. The quantitative estimate of drug-likeness (QED) is 0.876. The maximum atomic E-state index is 12.1. The molecule has 1 atom stereocenters. The summed E-state index contributed by atoms with van der Waals surface area (Å²) < 4.78 is 5.76. The fourth-order valence-corrected chi connectivity index (χ4v) is 4.23. The molecule has 5 heteroatoms. The van der Waals surface area contributed by atoms with Crippen molar-refractivity contribution in [3.05, 3.63) is 58.1 Å². The van der Waals surface area contributed by atoms with E-state index >= 15 is 0 Å². The Balaban J connectivity index is 1.72. The van der Waals surface area contributed by atoms with Crippen LogP contribution in [0.1, 0.15) is 29.5 Å². The summed E-state index contributed by atoms with van der Waals surface area (Å²) in [5, 5.41) is 4.47. The molecule has 2 heterocycles. The molecule has 0 aromatic heterocycles. The zero-order chi connectivity index (χ0) is 18.3. The van der Waals surface area contributed by atoms with Crippen LogP contribution in [0.4, 0.5) is 11.4 Å². The highest BCUT2D eigenvalue weighted by atomic mass is 35.5. The van der Waals surface area contributed by atoms with E-state index in [0.717, 1.165) is 34.8 Å². The number of carbonyl (C=O) groups is 1. The van der Waals surface area contributed by atoms with Crippen LogP contribution in [-0.2, 0) is 21.5 Å². The van der Waals surface area contributed by atoms with Crippen molar-refractivity contribution in [2.24, 2.45) is 0 Å². The topological polar surface area (TPSA) is 41.6 Å². The second-order valence-corrected chi connectivity index (χ2v) is 7.63. The molecule has 1 amide bonds. The highest BCUT2D eigenvalue weighted by molar-refractivity contribution is 6.31. The molecule has 4 rings (SSSR count). The molecule has 0 radical (unpaired) electrons. The van der Waals surface area contributed by atoms with E-state index in [2.05, 4.69) is 36.5 Å². The van der Waals surface area contributed by atoms with E-state index in [4.69, 9.17) is 16.3 Å². The summed E-state index contributed by atoms with van der Waals surface area (Å²) in [6.45, 7) is 3.36. The van der Waals surface area contributed by atoms with E-state index in [1.54, 1.807) is 4.90 Å². The molecular weight excluding hydrogens is 348 g/mol. The SMILES string of the molecule is Cc1c(Cl)cccc1C1(Nc2ccc3c(c2)N(C)C(=O)CC3)CCOC1. The molecule has 0 aliphatic carbocycles. The Labute approximate surface area is 159 Å². The molecule has 26 heavy (non-hydrogen) atoms. The molecule has 0 spiro atoms. The lowest BCUT2D eigenvalue weighted by Crippen LogP contribution is -2.37. The third kappa shape index (κ3) is 2.87. The van der Waals surface area contributed by atoms with Gasteiger partial charge in [-0.3, -0.25) is 4.79 Å². The number of hydrogen-bond donors (Lipinski definition) is 1. The van der Waals surface area contributed by atoms with E-state index in [0.29, 0.717) is 19.6 Å². The third-order valence-corrected chi connectivity index (χ3v) is 6.03. The lowest BCUT2D eigenvalue weighted by atomic mass is 9.85. The van der Waals surface area contributed by atoms with Crippen molar-refractivity contribution >= 4 is 28.9 Å². The van der Waals surface area contributed by atoms with Crippen LogP contribution in [0.15, 0.2) is 36.4 Å². The molecule has 2 aromatic carbocycles. The second-order valence-electron chi connectivity index (χ2n) is 7.22. The standard InChI is InChI=1S/C21H23ClN2O2/c1-14-17(4-3-5-18(14)22)21(10-11-26-13-21)23-16-8-6-15-7-9-20(25)24(2)19(15)12-16/h3-6,8,12,23H,7,9-11,13H2,1-2H3. The number of anilines is 2. The van der Waals surface area contributed by atoms with Crippen molar-refractivity contribution in [1.29, 1.82) is 0 Å². The second kappa shape index (κ2) is 6.60. The summed E-state index contributed by atoms with van der Waals surface area (Å²) in [6.07, 6.45) is 2.26. The summed E-state index contributed by atoms with van der Waals surface area (Å²) in [5.74, 6) is 0.166. The molecule has 2 aliphatic rings. The molecule has 1 fully saturated rings. The van der Waals surface area contributed by atoms with Gasteiger partial charge >= 0.3 is 0 Å². The maximum Gasteiger partial charge on any atom is 0.227 e. The summed E-state index contributed by atoms with van der Waals surface area (Å²) in [7, 11) is 1.85. The largest absolute Gasteiger partial charge is 0.379 e. The van der Waals surface area contributed by atoms with Gasteiger partial charge in [0.1, 0.15) is 0 Å². The molecular formula is C21H23ClN2O2. The van der Waals surface area contributed by atoms with Gasteiger partial charge in [0.25, 0.3) is 0 Å². The first-order valence-corrected chi connectivity index (χ1v) is 9.39. The Morgan fingerprint density at radius 3 is 2.85 bits per heavy atom. The Morgan fingerprint density at radius 2 is 2.08 bits per heavy atom. The van der Waals surface area contributed by atoms with Crippen molar-refractivity contribution in [2.75, 3.05) is 30.5 Å². The van der Waals surface area contributed by atoms with Gasteiger partial charge in [0, 0.05) is 42.9 Å². The van der Waals surface area contributed by atoms with Gasteiger partial charge in [-0.2, -0.15) is 0 Å². The molecule has 2 aliphatic heterocycles. The number of fused-ring (bicyclic) bond motifs is 1. The number of benzene rings is 2. The summed E-state index contributed by atoms with van der Waals surface area (Å²) in [5.41, 5.74) is 5.15. The minimum Gasteiger partial charge on any atom is -0.379 e. The Hall–Kier alpha value is -2.04. The van der Waals surface area contributed by atoms with E-state index in [1.165, 1.54) is 11.1 Å². The van der Waals surface area contributed by atoms with Crippen molar-refractivity contribution in [1.82, 2.24) is 0 Å². The zero-order valence-electron chi connectivity index (χ0n) is 15.1. The molecule has 136 valence electrons. The van der Waals surface area contributed by atoms with Gasteiger partial charge in [0.2, 0.25) is 5.91 Å². The fourth-order valence-electron chi connectivity index (χ4n) is 4.05. The monoisotopic (exact) mass is 370 g/mol. The van der Waals surface area contributed by atoms with Crippen LogP contribution in [0, 0.1) is 6.92 Å². The van der Waals surface area contributed by atoms with Gasteiger partial charge in [0.05, 0.1) is 12.1 Å². The van der Waals surface area contributed by atoms with Gasteiger partial charge in [-0.05, 0) is 48.2 Å². The number of halogens is 1. The first kappa shape index (κ1) is 17.4. The van der Waals surface area contributed by atoms with Crippen LogP contribution in [0.5, 0.6) is 0 Å². The van der Waals surface area contributed by atoms with E-state index in [1.807, 2.05) is 19.2 Å². The minimum atomic E-state index is -0.305. The van der Waals surface area contributed by atoms with Crippen LogP contribution in [0.3, 0.4) is 0 Å². The van der Waals surface area contributed by atoms with Gasteiger partial charge < -0.3 is 15.0 Å². The third-order valence-electron chi connectivity index (χ3n) is 5.62. The van der Waals surface area contributed by atoms with Crippen LogP contribution in [-0.4, -0.2) is 26.2 Å². The number of hydrogen-bond acceptors (Lipinski definition) is 3. The summed E-state index contributed by atoms with van der Waals surface area (Å²) in [4.78, 5) is 13.8. The number of nitrogens with one attached hydrogen (secondary N) is 1. The van der Waals surface area contributed by atoms with Crippen LogP contribution >= 0.6 is 11.6 Å². The number of amides is 1. The molecule has 0 bridgehead atoms. The molecule has 1 saturated heterocycles. The van der Waals surface area contributed by atoms with Gasteiger partial charge in [-0.15, -0.1) is 0 Å². The molecule has 0 saturated carbocycles. The van der Waals surface area contributed by atoms with Gasteiger partial charge in [-0.1, -0.05) is 29.8 Å². The van der Waals surface area contributed by atoms with E-state index in [9.17, 15) is 4.79 Å². The number of ether oxygens (including phenoxy) is 1. The fraction of sp³-hybridized carbons (Fsp3) is 0.381. The van der Waals surface area contributed by atoms with Crippen LogP contribution < -0.4 is 10.2 Å². The van der Waals surface area contributed by atoms with Crippen LogP contribution in [0.25, 0.3) is 0 Å². The number of carbonyl (C=O) groups excluding carboxylic acids is 1. The number of rotatable bonds is 3. The summed E-state index contributed by atoms with van der Waals surface area (Å²) >= 11 is 6.37. The Bertz CT molecular complexity index is 859. The average molecular weight is 371 g/mol. The molecule has 2 aromatic rings. The normalized spacial score (nSPS) is 22.4. The van der Waals surface area contributed by atoms with Crippen molar-refractivity contribution in [2.45, 2.75) is 31.7 Å². The van der Waals surface area contributed by atoms with Crippen LogP contribution in [0.2, 0.25) is 5.02 Å². The highest BCUT2D eigenvalue weighted by Crippen LogP contribution is 2.39. The maximum absolute atomic E-state index is 12.1. The van der Waals surface area contributed by atoms with Gasteiger partial charge in [0.15, 0.2) is 0 Å². The van der Waals surface area contributed by atoms with E-state index in [-0.39, 0.29) is 11.4 Å². The first-order chi connectivity index (χ1) is 12.5. The molecule has 1 N–H and O–H groups in total. The number of aryl methyl sites for hydroxylation is 1. The van der Waals surface area contributed by atoms with Crippen molar-refractivity contribution < 1.29 is 9.53 Å². The predicted molar refractivity (Wildman–Crippen MR) is 105 cm³/mol. The Morgan fingerprint density at radius 1 is 1.23 bits per heavy atom. The number of nitrogens with zero attached hydrogens (tertiary/aromatic N) is 1.